The topological polar surface area (TPSA) is 73.1 Å². The van der Waals surface area contributed by atoms with Gasteiger partial charge in [-0.15, -0.1) is 0 Å². The summed E-state index contributed by atoms with van der Waals surface area (Å²) in [4.78, 5) is 8.71. The first-order chi connectivity index (χ1) is 8.19. The average Bonchev–Trinajstić information content (AvgIpc) is 2.29. The molecule has 0 fully saturated rings. The Balaban J connectivity index is 2.73. The van der Waals surface area contributed by atoms with Crippen LogP contribution in [0.25, 0.3) is 0 Å². The molecule has 17 heavy (non-hydrogen) atoms. The fourth-order valence-electron chi connectivity index (χ4n) is 1.69. The van der Waals surface area contributed by atoms with E-state index in [1.807, 2.05) is 13.0 Å². The molecule has 0 saturated heterocycles. The Morgan fingerprint density at radius 1 is 1.47 bits per heavy atom. The Morgan fingerprint density at radius 3 is 2.82 bits per heavy atom. The Morgan fingerprint density at radius 2 is 2.24 bits per heavy atom. The molecule has 0 amide bonds. The van der Waals surface area contributed by atoms with Crippen molar-refractivity contribution in [2.75, 3.05) is 25.6 Å². The molecule has 0 aliphatic heterocycles. The third-order valence-corrected chi connectivity index (χ3v) is 2.49. The maximum absolute atomic E-state index is 5.57. The van der Waals surface area contributed by atoms with Crippen LogP contribution in [-0.2, 0) is 11.2 Å². The van der Waals surface area contributed by atoms with E-state index in [4.69, 9.17) is 10.5 Å². The molecule has 0 radical (unpaired) electrons. The summed E-state index contributed by atoms with van der Waals surface area (Å²) in [6, 6.07) is 2.18. The van der Waals surface area contributed by atoms with Crippen LogP contribution in [0.15, 0.2) is 6.07 Å². The molecule has 0 aliphatic rings. The molecule has 5 heteroatoms. The number of ether oxygens (including phenoxy) is 1. The van der Waals surface area contributed by atoms with E-state index in [9.17, 15) is 0 Å². The molecule has 0 aliphatic carbocycles. The van der Waals surface area contributed by atoms with Crippen LogP contribution in [0.3, 0.4) is 0 Å². The smallest absolute Gasteiger partial charge is 0.130 e. The van der Waals surface area contributed by atoms with Crippen molar-refractivity contribution in [2.24, 2.45) is 5.73 Å². The summed E-state index contributed by atoms with van der Waals surface area (Å²) >= 11 is 0. The van der Waals surface area contributed by atoms with Crippen molar-refractivity contribution in [3.63, 3.8) is 0 Å². The summed E-state index contributed by atoms with van der Waals surface area (Å²) in [5.74, 6) is 1.64. The standard InChI is InChI=1S/C12H22N4O/c1-4-10-7-12(15-9(2)14-10)16-11(5-6-13)8-17-3/h7,11H,4-6,8,13H2,1-3H3,(H,14,15,16). The second kappa shape index (κ2) is 7.19. The van der Waals surface area contributed by atoms with Gasteiger partial charge in [-0.2, -0.15) is 0 Å². The highest BCUT2D eigenvalue weighted by atomic mass is 16.5. The van der Waals surface area contributed by atoms with E-state index in [1.54, 1.807) is 7.11 Å². The fourth-order valence-corrected chi connectivity index (χ4v) is 1.69. The fraction of sp³-hybridized carbons (Fsp3) is 0.667. The lowest BCUT2D eigenvalue weighted by atomic mass is 10.2. The van der Waals surface area contributed by atoms with Crippen molar-refractivity contribution in [2.45, 2.75) is 32.7 Å². The first-order valence-corrected chi connectivity index (χ1v) is 5.99. The lowest BCUT2D eigenvalue weighted by Crippen LogP contribution is -2.28. The number of anilines is 1. The minimum Gasteiger partial charge on any atom is -0.383 e. The van der Waals surface area contributed by atoms with Crippen LogP contribution in [-0.4, -0.2) is 36.3 Å². The molecule has 96 valence electrons. The van der Waals surface area contributed by atoms with Gasteiger partial charge in [0.2, 0.25) is 0 Å². The van der Waals surface area contributed by atoms with Crippen LogP contribution in [0.4, 0.5) is 5.82 Å². The predicted molar refractivity (Wildman–Crippen MR) is 69.1 cm³/mol. The predicted octanol–water partition coefficient (Wildman–Crippen LogP) is 1.12. The van der Waals surface area contributed by atoms with Gasteiger partial charge in [-0.3, -0.25) is 0 Å². The van der Waals surface area contributed by atoms with Crippen molar-refractivity contribution in [1.82, 2.24) is 9.97 Å². The lowest BCUT2D eigenvalue weighted by Gasteiger charge is -2.18. The first kappa shape index (κ1) is 13.9. The quantitative estimate of drug-likeness (QED) is 0.745. The van der Waals surface area contributed by atoms with Crippen molar-refractivity contribution in [1.29, 1.82) is 0 Å². The van der Waals surface area contributed by atoms with Gasteiger partial charge in [-0.25, -0.2) is 9.97 Å². The van der Waals surface area contributed by atoms with Crippen LogP contribution >= 0.6 is 0 Å². The lowest BCUT2D eigenvalue weighted by molar-refractivity contribution is 0.183. The summed E-state index contributed by atoms with van der Waals surface area (Å²) < 4.78 is 5.15. The monoisotopic (exact) mass is 238 g/mol. The molecule has 0 spiro atoms. The Bertz CT molecular complexity index is 337. The van der Waals surface area contributed by atoms with E-state index in [-0.39, 0.29) is 6.04 Å². The van der Waals surface area contributed by atoms with Crippen LogP contribution in [0.5, 0.6) is 0 Å². The molecule has 3 N–H and O–H groups in total. The van der Waals surface area contributed by atoms with Gasteiger partial charge in [-0.05, 0) is 26.3 Å². The molecule has 1 rings (SSSR count). The number of nitrogens with two attached hydrogens (primary N) is 1. The number of methoxy groups -OCH3 is 1. The highest BCUT2D eigenvalue weighted by molar-refractivity contribution is 5.37. The summed E-state index contributed by atoms with van der Waals surface area (Å²) in [5, 5.41) is 3.34. The zero-order chi connectivity index (χ0) is 12.7. The molecule has 1 atom stereocenters. The van der Waals surface area contributed by atoms with Gasteiger partial charge in [-0.1, -0.05) is 6.92 Å². The zero-order valence-corrected chi connectivity index (χ0v) is 10.9. The van der Waals surface area contributed by atoms with Gasteiger partial charge >= 0.3 is 0 Å². The minimum absolute atomic E-state index is 0.198. The van der Waals surface area contributed by atoms with Crippen molar-refractivity contribution >= 4 is 5.82 Å². The maximum Gasteiger partial charge on any atom is 0.130 e. The number of aryl methyl sites for hydroxylation is 2. The molecule has 0 aromatic carbocycles. The van der Waals surface area contributed by atoms with Gasteiger partial charge in [0, 0.05) is 18.9 Å². The number of hydrogen-bond donors (Lipinski definition) is 2. The number of aromatic nitrogens is 2. The van der Waals surface area contributed by atoms with E-state index >= 15 is 0 Å². The van der Waals surface area contributed by atoms with Crippen LogP contribution in [0, 0.1) is 6.92 Å². The second-order valence-corrected chi connectivity index (χ2v) is 4.02. The molecule has 1 heterocycles. The van der Waals surface area contributed by atoms with E-state index in [2.05, 4.69) is 22.2 Å². The molecule has 0 bridgehead atoms. The third kappa shape index (κ3) is 4.66. The normalized spacial score (nSPS) is 12.5. The number of nitrogens with zero attached hydrogens (tertiary/aromatic N) is 2. The average molecular weight is 238 g/mol. The highest BCUT2D eigenvalue weighted by Gasteiger charge is 2.09. The van der Waals surface area contributed by atoms with E-state index < -0.39 is 0 Å². The number of rotatable bonds is 7. The Labute approximate surface area is 103 Å². The number of nitrogens with one attached hydrogen (secondary N) is 1. The Hall–Kier alpha value is -1.20. The van der Waals surface area contributed by atoms with Gasteiger partial charge in [0.1, 0.15) is 11.6 Å². The maximum atomic E-state index is 5.57. The molecule has 1 aromatic rings. The van der Waals surface area contributed by atoms with Gasteiger partial charge in [0.15, 0.2) is 0 Å². The van der Waals surface area contributed by atoms with Gasteiger partial charge < -0.3 is 15.8 Å². The summed E-state index contributed by atoms with van der Waals surface area (Å²) in [7, 11) is 1.69. The number of hydrogen-bond acceptors (Lipinski definition) is 5. The van der Waals surface area contributed by atoms with Gasteiger partial charge in [0.25, 0.3) is 0 Å². The molecule has 1 aromatic heterocycles. The van der Waals surface area contributed by atoms with Crippen LogP contribution in [0.2, 0.25) is 0 Å². The van der Waals surface area contributed by atoms with Crippen LogP contribution < -0.4 is 11.1 Å². The van der Waals surface area contributed by atoms with E-state index in [1.165, 1.54) is 0 Å². The van der Waals surface area contributed by atoms with Crippen LogP contribution in [0.1, 0.15) is 24.9 Å². The minimum atomic E-state index is 0.198. The SMILES string of the molecule is CCc1cc(NC(CCN)COC)nc(C)n1. The highest BCUT2D eigenvalue weighted by Crippen LogP contribution is 2.10. The second-order valence-electron chi connectivity index (χ2n) is 4.02. The molecule has 5 nitrogen and oxygen atoms in total. The Kier molecular flexibility index (Phi) is 5.86. The molecule has 1 unspecified atom stereocenters. The zero-order valence-electron chi connectivity index (χ0n) is 10.9. The van der Waals surface area contributed by atoms with Crippen molar-refractivity contribution in [3.8, 4) is 0 Å². The summed E-state index contributed by atoms with van der Waals surface area (Å²) in [6.07, 6.45) is 1.77. The summed E-state index contributed by atoms with van der Waals surface area (Å²) in [6.45, 7) is 5.24. The first-order valence-electron chi connectivity index (χ1n) is 5.99. The van der Waals surface area contributed by atoms with E-state index in [0.717, 1.165) is 30.2 Å². The van der Waals surface area contributed by atoms with E-state index in [0.29, 0.717) is 13.2 Å². The molecular formula is C12H22N4O. The molecule has 0 saturated carbocycles. The van der Waals surface area contributed by atoms with Crippen molar-refractivity contribution < 1.29 is 4.74 Å². The summed E-state index contributed by atoms with van der Waals surface area (Å²) in [5.41, 5.74) is 6.62. The van der Waals surface area contributed by atoms with Crippen molar-refractivity contribution in [3.05, 3.63) is 17.6 Å². The molecular weight excluding hydrogens is 216 g/mol. The largest absolute Gasteiger partial charge is 0.383 e. The van der Waals surface area contributed by atoms with Gasteiger partial charge in [0.05, 0.1) is 12.6 Å². The third-order valence-electron chi connectivity index (χ3n) is 2.49.